The monoisotopic (exact) mass is 369 g/mol. The molecule has 0 unspecified atom stereocenters. The average Bonchev–Trinajstić information content (AvgIpc) is 2.50. The zero-order valence-corrected chi connectivity index (χ0v) is 16.0. The number of methoxy groups -OCH3 is 1. The third-order valence-corrected chi connectivity index (χ3v) is 3.44. The molecule has 9 heteroatoms. The van der Waals surface area contributed by atoms with Crippen molar-refractivity contribution in [1.82, 2.24) is 20.4 Å². The second kappa shape index (κ2) is 14.1. The van der Waals surface area contributed by atoms with Crippen molar-refractivity contribution >= 4 is 5.96 Å². The summed E-state index contributed by atoms with van der Waals surface area (Å²) in [6.45, 7) is 6.04. The number of nitrogens with one attached hydrogen (secondary N) is 2. The number of alkyl halides is 3. The molecule has 0 radical (unpaired) electrons. The summed E-state index contributed by atoms with van der Waals surface area (Å²) in [4.78, 5) is 7.88. The van der Waals surface area contributed by atoms with Gasteiger partial charge in [-0.15, -0.1) is 0 Å². The maximum absolute atomic E-state index is 12.2. The van der Waals surface area contributed by atoms with Crippen LogP contribution in [0.25, 0.3) is 0 Å². The molecule has 0 aromatic carbocycles. The zero-order valence-electron chi connectivity index (χ0n) is 16.0. The molecule has 2 N–H and O–H groups in total. The molecule has 0 aliphatic rings. The minimum Gasteiger partial charge on any atom is -0.385 e. The van der Waals surface area contributed by atoms with E-state index in [9.17, 15) is 13.2 Å². The summed E-state index contributed by atoms with van der Waals surface area (Å²) in [6, 6.07) is 0. The summed E-state index contributed by atoms with van der Waals surface area (Å²) in [5.41, 5.74) is 0. The number of aliphatic imine (C=N–C) groups is 1. The third-order valence-electron chi connectivity index (χ3n) is 3.44. The SMILES string of the molecule is CCNC(=NCCCN(C)CC(F)(F)F)NCCN(C)CCCOC. The minimum atomic E-state index is -4.15. The maximum Gasteiger partial charge on any atom is 0.401 e. The molecule has 0 aromatic rings. The van der Waals surface area contributed by atoms with Gasteiger partial charge in [-0.05, 0) is 40.4 Å². The topological polar surface area (TPSA) is 52.1 Å². The van der Waals surface area contributed by atoms with Crippen LogP contribution in [-0.4, -0.2) is 95.6 Å². The number of halogens is 3. The van der Waals surface area contributed by atoms with E-state index in [0.29, 0.717) is 25.5 Å². The van der Waals surface area contributed by atoms with E-state index in [1.807, 2.05) is 6.92 Å². The van der Waals surface area contributed by atoms with E-state index in [-0.39, 0.29) is 0 Å². The van der Waals surface area contributed by atoms with Crippen molar-refractivity contribution in [3.05, 3.63) is 0 Å². The Balaban J connectivity index is 4.00. The molecule has 0 aromatic heterocycles. The summed E-state index contributed by atoms with van der Waals surface area (Å²) >= 11 is 0. The molecule has 6 nitrogen and oxygen atoms in total. The lowest BCUT2D eigenvalue weighted by atomic mass is 10.4. The fourth-order valence-electron chi connectivity index (χ4n) is 2.21. The maximum atomic E-state index is 12.2. The van der Waals surface area contributed by atoms with Crippen LogP contribution in [0.15, 0.2) is 4.99 Å². The van der Waals surface area contributed by atoms with Crippen LogP contribution in [0.2, 0.25) is 0 Å². The van der Waals surface area contributed by atoms with Crippen molar-refractivity contribution in [2.24, 2.45) is 4.99 Å². The van der Waals surface area contributed by atoms with Crippen LogP contribution in [0.5, 0.6) is 0 Å². The Kier molecular flexibility index (Phi) is 13.5. The van der Waals surface area contributed by atoms with Gasteiger partial charge in [-0.25, -0.2) is 0 Å². The number of ether oxygens (including phenoxy) is 1. The smallest absolute Gasteiger partial charge is 0.385 e. The Labute approximate surface area is 149 Å². The highest BCUT2D eigenvalue weighted by atomic mass is 19.4. The Morgan fingerprint density at radius 1 is 1.04 bits per heavy atom. The van der Waals surface area contributed by atoms with Crippen molar-refractivity contribution in [2.45, 2.75) is 25.9 Å². The second-order valence-corrected chi connectivity index (χ2v) is 6.04. The minimum absolute atomic E-state index is 0.366. The van der Waals surface area contributed by atoms with Gasteiger partial charge in [-0.3, -0.25) is 9.89 Å². The lowest BCUT2D eigenvalue weighted by molar-refractivity contribution is -0.143. The Morgan fingerprint density at radius 3 is 2.32 bits per heavy atom. The highest BCUT2D eigenvalue weighted by Crippen LogP contribution is 2.15. The summed E-state index contributed by atoms with van der Waals surface area (Å²) in [6.07, 6.45) is -2.57. The molecule has 0 saturated carbocycles. The summed E-state index contributed by atoms with van der Waals surface area (Å²) in [5.74, 6) is 0.700. The summed E-state index contributed by atoms with van der Waals surface area (Å²) in [5, 5.41) is 6.38. The average molecular weight is 369 g/mol. The Morgan fingerprint density at radius 2 is 1.72 bits per heavy atom. The van der Waals surface area contributed by atoms with Gasteiger partial charge in [0, 0.05) is 46.4 Å². The first-order valence-electron chi connectivity index (χ1n) is 8.73. The van der Waals surface area contributed by atoms with E-state index in [2.05, 4.69) is 27.6 Å². The van der Waals surface area contributed by atoms with Gasteiger partial charge in [0.25, 0.3) is 0 Å². The molecule has 0 aliphatic carbocycles. The van der Waals surface area contributed by atoms with Gasteiger partial charge in [0.05, 0.1) is 6.54 Å². The number of guanidine groups is 1. The number of hydrogen-bond acceptors (Lipinski definition) is 4. The molecule has 0 amide bonds. The van der Waals surface area contributed by atoms with Crippen molar-refractivity contribution in [3.63, 3.8) is 0 Å². The lowest BCUT2D eigenvalue weighted by Gasteiger charge is -2.19. The summed E-state index contributed by atoms with van der Waals surface area (Å²) in [7, 11) is 5.22. The first kappa shape index (κ1) is 23.9. The normalized spacial score (nSPS) is 12.9. The molecule has 0 rings (SSSR count). The van der Waals surface area contributed by atoms with Crippen LogP contribution in [0, 0.1) is 0 Å². The van der Waals surface area contributed by atoms with Gasteiger partial charge >= 0.3 is 6.18 Å². The first-order valence-corrected chi connectivity index (χ1v) is 8.73. The second-order valence-electron chi connectivity index (χ2n) is 6.04. The van der Waals surface area contributed by atoms with Gasteiger partial charge in [0.2, 0.25) is 0 Å². The fourth-order valence-corrected chi connectivity index (χ4v) is 2.21. The van der Waals surface area contributed by atoms with E-state index < -0.39 is 12.7 Å². The van der Waals surface area contributed by atoms with Crippen LogP contribution in [0.4, 0.5) is 13.2 Å². The molecule has 0 spiro atoms. The number of likely N-dealkylation sites (N-methyl/N-ethyl adjacent to an activating group) is 1. The van der Waals surface area contributed by atoms with E-state index in [1.54, 1.807) is 7.11 Å². The molecule has 0 saturated heterocycles. The van der Waals surface area contributed by atoms with Gasteiger partial charge in [-0.1, -0.05) is 0 Å². The van der Waals surface area contributed by atoms with E-state index in [1.165, 1.54) is 11.9 Å². The third kappa shape index (κ3) is 16.2. The van der Waals surface area contributed by atoms with Gasteiger partial charge in [0.15, 0.2) is 5.96 Å². The molecule has 150 valence electrons. The lowest BCUT2D eigenvalue weighted by Crippen LogP contribution is -2.41. The predicted octanol–water partition coefficient (Wildman–Crippen LogP) is 1.39. The molecule has 0 fully saturated rings. The largest absolute Gasteiger partial charge is 0.401 e. The van der Waals surface area contributed by atoms with Crippen LogP contribution in [0.3, 0.4) is 0 Å². The van der Waals surface area contributed by atoms with E-state index >= 15 is 0 Å². The molecule has 0 bridgehead atoms. The Hall–Kier alpha value is -1.06. The van der Waals surface area contributed by atoms with Crippen LogP contribution < -0.4 is 10.6 Å². The number of nitrogens with zero attached hydrogens (tertiary/aromatic N) is 3. The van der Waals surface area contributed by atoms with E-state index in [4.69, 9.17) is 4.74 Å². The number of rotatable bonds is 13. The van der Waals surface area contributed by atoms with Crippen LogP contribution in [0.1, 0.15) is 19.8 Å². The van der Waals surface area contributed by atoms with Crippen LogP contribution >= 0.6 is 0 Å². The zero-order chi connectivity index (χ0) is 19.1. The van der Waals surface area contributed by atoms with Crippen molar-refractivity contribution in [1.29, 1.82) is 0 Å². The molecular formula is C16H34F3N5O. The van der Waals surface area contributed by atoms with Crippen molar-refractivity contribution < 1.29 is 17.9 Å². The molecule has 0 atom stereocenters. The van der Waals surface area contributed by atoms with Crippen molar-refractivity contribution in [2.75, 3.05) is 73.6 Å². The highest BCUT2D eigenvalue weighted by molar-refractivity contribution is 5.79. The van der Waals surface area contributed by atoms with Gasteiger partial charge in [-0.2, -0.15) is 13.2 Å². The molecule has 25 heavy (non-hydrogen) atoms. The Bertz CT molecular complexity index is 353. The fraction of sp³-hybridized carbons (Fsp3) is 0.938. The number of hydrogen-bond donors (Lipinski definition) is 2. The van der Waals surface area contributed by atoms with Crippen LogP contribution in [-0.2, 0) is 4.74 Å². The molecule has 0 heterocycles. The van der Waals surface area contributed by atoms with E-state index in [0.717, 1.165) is 39.2 Å². The van der Waals surface area contributed by atoms with Crippen molar-refractivity contribution in [3.8, 4) is 0 Å². The van der Waals surface area contributed by atoms with Gasteiger partial charge in [0.1, 0.15) is 0 Å². The molecule has 0 aliphatic heterocycles. The standard InChI is InChI=1S/C16H34F3N5O/c1-5-20-15(22-9-12-23(2)11-7-13-25-4)21-8-6-10-24(3)14-16(17,18)19/h5-14H2,1-4H3,(H2,20,21,22). The first-order chi connectivity index (χ1) is 11.8. The predicted molar refractivity (Wildman–Crippen MR) is 96.1 cm³/mol. The highest BCUT2D eigenvalue weighted by Gasteiger charge is 2.28. The molecular weight excluding hydrogens is 335 g/mol. The summed E-state index contributed by atoms with van der Waals surface area (Å²) < 4.78 is 41.8. The quantitative estimate of drug-likeness (QED) is 0.292. The van der Waals surface area contributed by atoms with Gasteiger partial charge < -0.3 is 20.3 Å².